The predicted octanol–water partition coefficient (Wildman–Crippen LogP) is 1.94. The van der Waals surface area contributed by atoms with Gasteiger partial charge >= 0.3 is 5.69 Å². The number of halogens is 2. The number of amides is 1. The molecule has 1 rings (SSSR count). The van der Waals surface area contributed by atoms with Gasteiger partial charge in [0.1, 0.15) is 5.82 Å². The number of carbonyl (C=O) groups is 1. The number of nitrogens with two attached hydrogens (primary N) is 1. The zero-order valence-electron chi connectivity index (χ0n) is 10.2. The van der Waals surface area contributed by atoms with Gasteiger partial charge in [-0.05, 0) is 6.42 Å². The topological polar surface area (TPSA) is 98.3 Å². The minimum Gasteiger partial charge on any atom is -0.322 e. The van der Waals surface area contributed by atoms with Crippen LogP contribution in [0.15, 0.2) is 12.1 Å². The van der Waals surface area contributed by atoms with Crippen LogP contribution in [0.4, 0.5) is 20.2 Å². The van der Waals surface area contributed by atoms with Crippen LogP contribution in [0.3, 0.4) is 0 Å². The molecule has 1 atom stereocenters. The molecule has 0 bridgehead atoms. The van der Waals surface area contributed by atoms with E-state index < -0.39 is 39.9 Å². The third-order valence-corrected chi connectivity index (χ3v) is 2.43. The number of carbonyl (C=O) groups excluding carboxylic acids is 1. The van der Waals surface area contributed by atoms with Gasteiger partial charge in [0.15, 0.2) is 0 Å². The highest BCUT2D eigenvalue weighted by molar-refractivity contribution is 5.95. The molecule has 0 spiro atoms. The summed E-state index contributed by atoms with van der Waals surface area (Å²) < 4.78 is 26.5. The van der Waals surface area contributed by atoms with E-state index in [1.807, 2.05) is 6.92 Å². The Kier molecular flexibility index (Phi) is 4.87. The van der Waals surface area contributed by atoms with Gasteiger partial charge in [-0.25, -0.2) is 4.39 Å². The lowest BCUT2D eigenvalue weighted by atomic mass is 10.1. The monoisotopic (exact) mass is 273 g/mol. The zero-order chi connectivity index (χ0) is 14.6. The number of nitrogens with one attached hydrogen (secondary N) is 1. The normalized spacial score (nSPS) is 12.0. The minimum absolute atomic E-state index is 0.346. The van der Waals surface area contributed by atoms with E-state index in [-0.39, 0.29) is 0 Å². The number of benzene rings is 1. The van der Waals surface area contributed by atoms with Crippen LogP contribution in [0.25, 0.3) is 0 Å². The van der Waals surface area contributed by atoms with E-state index >= 15 is 0 Å². The van der Waals surface area contributed by atoms with E-state index in [2.05, 4.69) is 5.32 Å². The molecule has 0 radical (unpaired) electrons. The molecule has 0 aliphatic rings. The quantitative estimate of drug-likeness (QED) is 0.632. The van der Waals surface area contributed by atoms with Crippen molar-refractivity contribution in [2.75, 3.05) is 5.32 Å². The van der Waals surface area contributed by atoms with Crippen LogP contribution in [0.5, 0.6) is 0 Å². The van der Waals surface area contributed by atoms with E-state index in [0.717, 1.165) is 0 Å². The van der Waals surface area contributed by atoms with Gasteiger partial charge in [0.05, 0.1) is 16.7 Å². The summed E-state index contributed by atoms with van der Waals surface area (Å²) in [6.45, 7) is 1.82. The molecule has 8 heteroatoms. The van der Waals surface area contributed by atoms with Crippen molar-refractivity contribution in [3.05, 3.63) is 33.9 Å². The maximum atomic E-state index is 13.4. The Hall–Kier alpha value is -2.09. The van der Waals surface area contributed by atoms with Crippen LogP contribution in [0.2, 0.25) is 0 Å². The third-order valence-electron chi connectivity index (χ3n) is 2.43. The van der Waals surface area contributed by atoms with Gasteiger partial charge in [0.2, 0.25) is 11.7 Å². The molecule has 1 amide bonds. The molecule has 1 aromatic rings. The van der Waals surface area contributed by atoms with Crippen molar-refractivity contribution >= 4 is 17.3 Å². The average Bonchev–Trinajstić information content (AvgIpc) is 2.32. The Bertz CT molecular complexity index is 508. The average molecular weight is 273 g/mol. The zero-order valence-corrected chi connectivity index (χ0v) is 10.2. The number of hydrogen-bond acceptors (Lipinski definition) is 4. The molecule has 19 heavy (non-hydrogen) atoms. The lowest BCUT2D eigenvalue weighted by molar-refractivity contribution is -0.387. The number of rotatable bonds is 5. The van der Waals surface area contributed by atoms with Crippen molar-refractivity contribution < 1.29 is 18.5 Å². The van der Waals surface area contributed by atoms with Gasteiger partial charge in [0, 0.05) is 12.1 Å². The summed E-state index contributed by atoms with van der Waals surface area (Å²) in [5, 5.41) is 12.6. The van der Waals surface area contributed by atoms with Crippen molar-refractivity contribution in [3.63, 3.8) is 0 Å². The van der Waals surface area contributed by atoms with E-state index in [1.165, 1.54) is 0 Å². The fourth-order valence-corrected chi connectivity index (χ4v) is 1.44. The van der Waals surface area contributed by atoms with Gasteiger partial charge in [-0.2, -0.15) is 4.39 Å². The van der Waals surface area contributed by atoms with Crippen LogP contribution < -0.4 is 11.1 Å². The molecule has 1 aromatic carbocycles. The number of anilines is 1. The first-order valence-electron chi connectivity index (χ1n) is 5.56. The molecular weight excluding hydrogens is 260 g/mol. The lowest BCUT2D eigenvalue weighted by Gasteiger charge is -2.11. The molecule has 0 aromatic heterocycles. The van der Waals surface area contributed by atoms with Crippen LogP contribution in [-0.2, 0) is 4.79 Å². The summed E-state index contributed by atoms with van der Waals surface area (Å²) in [5.74, 6) is -3.08. The summed E-state index contributed by atoms with van der Waals surface area (Å²) in [6.07, 6.45) is 1.04. The molecule has 0 aliphatic heterocycles. The lowest BCUT2D eigenvalue weighted by Crippen LogP contribution is -2.35. The second-order valence-electron chi connectivity index (χ2n) is 3.92. The summed E-state index contributed by atoms with van der Waals surface area (Å²) in [4.78, 5) is 21.1. The summed E-state index contributed by atoms with van der Waals surface area (Å²) >= 11 is 0. The summed E-state index contributed by atoms with van der Waals surface area (Å²) in [7, 11) is 0. The van der Waals surface area contributed by atoms with Crippen LogP contribution in [0.1, 0.15) is 19.8 Å². The number of nitro groups is 1. The fourth-order valence-electron chi connectivity index (χ4n) is 1.44. The van der Waals surface area contributed by atoms with E-state index in [4.69, 9.17) is 5.73 Å². The molecule has 0 aliphatic carbocycles. The summed E-state index contributed by atoms with van der Waals surface area (Å²) in [6, 6.07) is 0.119. The minimum atomic E-state index is -1.31. The molecule has 6 nitrogen and oxygen atoms in total. The maximum Gasteiger partial charge on any atom is 0.307 e. The second kappa shape index (κ2) is 6.19. The van der Waals surface area contributed by atoms with Crippen molar-refractivity contribution in [3.8, 4) is 0 Å². The number of nitro benzene ring substituents is 1. The standard InChI is InChI=1S/C11H13F2N3O3/c1-2-3-8(14)11(17)15-9-5-10(16(18)19)7(13)4-6(9)12/h4-5,8H,2-3,14H2,1H3,(H,15,17). The highest BCUT2D eigenvalue weighted by Gasteiger charge is 2.21. The first-order valence-corrected chi connectivity index (χ1v) is 5.56. The molecule has 0 heterocycles. The van der Waals surface area contributed by atoms with Crippen molar-refractivity contribution in [1.29, 1.82) is 0 Å². The van der Waals surface area contributed by atoms with E-state index in [0.29, 0.717) is 25.0 Å². The highest BCUT2D eigenvalue weighted by atomic mass is 19.1. The first-order chi connectivity index (χ1) is 8.86. The van der Waals surface area contributed by atoms with Crippen molar-refractivity contribution in [2.24, 2.45) is 5.73 Å². The Balaban J connectivity index is 2.98. The van der Waals surface area contributed by atoms with E-state index in [9.17, 15) is 23.7 Å². The molecule has 0 saturated carbocycles. The van der Waals surface area contributed by atoms with Crippen LogP contribution >= 0.6 is 0 Å². The second-order valence-corrected chi connectivity index (χ2v) is 3.92. The van der Waals surface area contributed by atoms with Gasteiger partial charge in [-0.15, -0.1) is 0 Å². The number of hydrogen-bond donors (Lipinski definition) is 2. The Morgan fingerprint density at radius 2 is 2.11 bits per heavy atom. The number of nitrogens with zero attached hydrogens (tertiary/aromatic N) is 1. The molecule has 1 unspecified atom stereocenters. The largest absolute Gasteiger partial charge is 0.322 e. The van der Waals surface area contributed by atoms with Gasteiger partial charge in [-0.1, -0.05) is 13.3 Å². The Morgan fingerprint density at radius 1 is 1.47 bits per heavy atom. The smallest absolute Gasteiger partial charge is 0.307 e. The third kappa shape index (κ3) is 3.68. The first kappa shape index (κ1) is 15.0. The van der Waals surface area contributed by atoms with Gasteiger partial charge in [0.25, 0.3) is 0 Å². The van der Waals surface area contributed by atoms with Crippen molar-refractivity contribution in [2.45, 2.75) is 25.8 Å². The van der Waals surface area contributed by atoms with Gasteiger partial charge in [-0.3, -0.25) is 14.9 Å². The fraction of sp³-hybridized carbons (Fsp3) is 0.364. The highest BCUT2D eigenvalue weighted by Crippen LogP contribution is 2.25. The molecule has 3 N–H and O–H groups in total. The predicted molar refractivity (Wildman–Crippen MR) is 64.5 cm³/mol. The molecule has 104 valence electrons. The maximum absolute atomic E-state index is 13.4. The van der Waals surface area contributed by atoms with Crippen LogP contribution in [0, 0.1) is 21.7 Å². The van der Waals surface area contributed by atoms with E-state index in [1.54, 1.807) is 0 Å². The van der Waals surface area contributed by atoms with Gasteiger partial charge < -0.3 is 11.1 Å². The molecule has 0 saturated heterocycles. The van der Waals surface area contributed by atoms with Crippen LogP contribution in [-0.4, -0.2) is 16.9 Å². The SMILES string of the molecule is CCCC(N)C(=O)Nc1cc([N+](=O)[O-])c(F)cc1F. The summed E-state index contributed by atoms with van der Waals surface area (Å²) in [5.41, 5.74) is 4.13. The Labute approximate surface area is 107 Å². The van der Waals surface area contributed by atoms with Crippen molar-refractivity contribution in [1.82, 2.24) is 0 Å². The molecular formula is C11H13F2N3O3. The Morgan fingerprint density at radius 3 is 2.63 bits per heavy atom. The molecule has 0 fully saturated rings.